The molecule has 2 N–H and O–H groups in total. The van der Waals surface area contributed by atoms with Gasteiger partial charge < -0.3 is 9.80 Å². The van der Waals surface area contributed by atoms with Gasteiger partial charge in [-0.1, -0.05) is 117 Å². The Morgan fingerprint density at radius 1 is 0.438 bits per heavy atom. The minimum absolute atomic E-state index is 0.00883. The Morgan fingerprint density at radius 2 is 0.708 bits per heavy atom. The minimum Gasteiger partial charge on any atom is -0.343 e. The normalized spacial score (nSPS) is 12.0. The molecule has 0 saturated heterocycles. The number of unbranched alkanes of at least 4 members (excludes halogenated alkanes) is 17. The van der Waals surface area contributed by atoms with Crippen LogP contribution in [0.15, 0.2) is 0 Å². The topological polar surface area (TPSA) is 168 Å². The fraction of sp³-hybridized carbons (Fsp3) is 0.941. The van der Waals surface area contributed by atoms with E-state index in [-0.39, 0.29) is 37.9 Å². The molecular weight excluding hydrogens is 661 g/mol. The molecule has 2 amide bonds. The van der Waals surface area contributed by atoms with Crippen LogP contribution in [0.2, 0.25) is 0 Å². The maximum Gasteiger partial charge on any atom is 0.397 e. The van der Waals surface area contributed by atoms with Crippen molar-refractivity contribution in [1.82, 2.24) is 9.80 Å². The number of amides is 2. The third-order valence-corrected chi connectivity index (χ3v) is 9.34. The highest BCUT2D eigenvalue weighted by Gasteiger charge is 2.17. The Labute approximate surface area is 293 Å². The smallest absolute Gasteiger partial charge is 0.343 e. The van der Waals surface area contributed by atoms with Crippen molar-refractivity contribution in [3.8, 4) is 0 Å². The van der Waals surface area contributed by atoms with Gasteiger partial charge in [0.2, 0.25) is 11.8 Å². The van der Waals surface area contributed by atoms with Gasteiger partial charge in [-0.25, -0.2) is 8.37 Å². The SMILES string of the molecule is CCCCCCCCCCCC(=O)N(CCCCN(CCCOS(=O)(=O)O)C(=O)CCCCCCCCCCC)CCCOS(=O)(=O)O. The van der Waals surface area contributed by atoms with E-state index >= 15 is 0 Å². The molecule has 0 saturated carbocycles. The van der Waals surface area contributed by atoms with Crippen LogP contribution in [-0.4, -0.2) is 86.9 Å². The van der Waals surface area contributed by atoms with Gasteiger partial charge in [-0.15, -0.1) is 0 Å². The number of carbonyl (C=O) groups is 2. The van der Waals surface area contributed by atoms with Gasteiger partial charge in [0.15, 0.2) is 0 Å². The number of rotatable bonds is 35. The lowest BCUT2D eigenvalue weighted by Gasteiger charge is -2.25. The van der Waals surface area contributed by atoms with Crippen molar-refractivity contribution in [2.75, 3.05) is 39.4 Å². The van der Waals surface area contributed by atoms with E-state index in [9.17, 15) is 26.4 Å². The molecule has 0 spiro atoms. The molecule has 14 heteroatoms. The predicted octanol–water partition coefficient (Wildman–Crippen LogP) is 7.68. The summed E-state index contributed by atoms with van der Waals surface area (Å²) in [4.78, 5) is 29.5. The second kappa shape index (κ2) is 30.5. The van der Waals surface area contributed by atoms with Gasteiger partial charge in [-0.3, -0.25) is 18.7 Å². The number of hydrogen-bond acceptors (Lipinski definition) is 8. The second-order valence-electron chi connectivity index (χ2n) is 12.8. The minimum atomic E-state index is -4.54. The highest BCUT2D eigenvalue weighted by molar-refractivity contribution is 7.81. The lowest BCUT2D eigenvalue weighted by Crippen LogP contribution is -2.35. The average Bonchev–Trinajstić information content (AvgIpc) is 3.02. The van der Waals surface area contributed by atoms with E-state index in [2.05, 4.69) is 22.2 Å². The molecule has 0 aliphatic heterocycles. The van der Waals surface area contributed by atoms with Crippen molar-refractivity contribution in [1.29, 1.82) is 0 Å². The van der Waals surface area contributed by atoms with Crippen LogP contribution in [0, 0.1) is 0 Å². The summed E-state index contributed by atoms with van der Waals surface area (Å²) in [5, 5.41) is 0. The monoisotopic (exact) mass is 728 g/mol. The Hall–Kier alpha value is -1.32. The van der Waals surface area contributed by atoms with Crippen molar-refractivity contribution in [2.24, 2.45) is 0 Å². The standard InChI is InChI=1S/C34H68N2O10S2/c1-3-5-7-9-11-13-15-17-19-25-33(37)35(29-23-31-45-47(39,40)41)27-21-22-28-36(30-24-32-46-48(42,43)44)34(38)26-20-18-16-14-12-10-8-6-4-2/h3-32H2,1-2H3,(H,39,40,41)(H,42,43,44). The quantitative estimate of drug-likeness (QED) is 0.0488. The van der Waals surface area contributed by atoms with Crippen LogP contribution in [0.3, 0.4) is 0 Å². The first-order valence-electron chi connectivity index (χ1n) is 18.7. The van der Waals surface area contributed by atoms with Crippen LogP contribution < -0.4 is 0 Å². The van der Waals surface area contributed by atoms with Crippen LogP contribution in [-0.2, 0) is 38.8 Å². The molecule has 0 heterocycles. The highest BCUT2D eigenvalue weighted by Crippen LogP contribution is 2.14. The van der Waals surface area contributed by atoms with Crippen LogP contribution in [0.4, 0.5) is 0 Å². The zero-order chi connectivity index (χ0) is 35.9. The zero-order valence-electron chi connectivity index (χ0n) is 30.1. The maximum absolute atomic E-state index is 13.1. The Bertz CT molecular complexity index is 929. The summed E-state index contributed by atoms with van der Waals surface area (Å²) >= 11 is 0. The Morgan fingerprint density at radius 3 is 1.00 bits per heavy atom. The summed E-state index contributed by atoms with van der Waals surface area (Å²) in [6, 6.07) is 0. The number of hydrogen-bond donors (Lipinski definition) is 2. The molecule has 0 aromatic heterocycles. The molecule has 0 unspecified atom stereocenters. The number of nitrogens with zero attached hydrogens (tertiary/aromatic N) is 2. The van der Waals surface area contributed by atoms with Gasteiger partial charge in [0, 0.05) is 39.0 Å². The molecule has 286 valence electrons. The van der Waals surface area contributed by atoms with Crippen molar-refractivity contribution >= 4 is 32.6 Å². The van der Waals surface area contributed by atoms with Gasteiger partial charge in [0.25, 0.3) is 0 Å². The predicted molar refractivity (Wildman–Crippen MR) is 190 cm³/mol. The van der Waals surface area contributed by atoms with Crippen LogP contribution in [0.25, 0.3) is 0 Å². The van der Waals surface area contributed by atoms with Gasteiger partial charge in [-0.2, -0.15) is 16.8 Å². The Balaban J connectivity index is 4.84. The fourth-order valence-corrected chi connectivity index (χ4v) is 6.31. The first-order chi connectivity index (χ1) is 22.9. The van der Waals surface area contributed by atoms with E-state index in [0.29, 0.717) is 51.9 Å². The molecule has 0 aliphatic rings. The zero-order valence-corrected chi connectivity index (χ0v) is 31.7. The molecule has 48 heavy (non-hydrogen) atoms. The first-order valence-corrected chi connectivity index (χ1v) is 21.4. The molecule has 0 bridgehead atoms. The lowest BCUT2D eigenvalue weighted by molar-refractivity contribution is -0.133. The first kappa shape index (κ1) is 46.7. The van der Waals surface area contributed by atoms with Crippen molar-refractivity contribution in [3.63, 3.8) is 0 Å². The van der Waals surface area contributed by atoms with Gasteiger partial charge in [0.1, 0.15) is 0 Å². The third kappa shape index (κ3) is 31.9. The van der Waals surface area contributed by atoms with E-state index in [1.807, 2.05) is 0 Å². The van der Waals surface area contributed by atoms with Crippen LogP contribution >= 0.6 is 0 Å². The summed E-state index contributed by atoms with van der Waals surface area (Å²) in [5.74, 6) is -0.0177. The third-order valence-electron chi connectivity index (χ3n) is 8.41. The second-order valence-corrected chi connectivity index (χ2v) is 15.0. The van der Waals surface area contributed by atoms with Crippen molar-refractivity contribution < 1.29 is 43.9 Å². The Kier molecular flexibility index (Phi) is 29.7. The maximum atomic E-state index is 13.1. The van der Waals surface area contributed by atoms with Crippen LogP contribution in [0.5, 0.6) is 0 Å². The summed E-state index contributed by atoms with van der Waals surface area (Å²) in [6.45, 7) is 5.41. The summed E-state index contributed by atoms with van der Waals surface area (Å²) in [7, 11) is -9.09. The summed E-state index contributed by atoms with van der Waals surface area (Å²) in [5.41, 5.74) is 0. The number of carbonyl (C=O) groups excluding carboxylic acids is 2. The van der Waals surface area contributed by atoms with Gasteiger partial charge in [0.05, 0.1) is 13.2 Å². The largest absolute Gasteiger partial charge is 0.397 e. The molecule has 0 aliphatic carbocycles. The van der Waals surface area contributed by atoms with E-state index < -0.39 is 20.8 Å². The molecule has 0 atom stereocenters. The van der Waals surface area contributed by atoms with E-state index in [1.54, 1.807) is 9.80 Å². The van der Waals surface area contributed by atoms with Crippen molar-refractivity contribution in [3.05, 3.63) is 0 Å². The summed E-state index contributed by atoms with van der Waals surface area (Å²) in [6.07, 6.45) is 23.2. The highest BCUT2D eigenvalue weighted by atomic mass is 32.3. The average molecular weight is 729 g/mol. The molecular formula is C34H68N2O10S2. The molecule has 0 fully saturated rings. The fourth-order valence-electron chi connectivity index (χ4n) is 5.66. The van der Waals surface area contributed by atoms with Crippen LogP contribution in [0.1, 0.15) is 168 Å². The lowest BCUT2D eigenvalue weighted by atomic mass is 10.1. The van der Waals surface area contributed by atoms with Crippen molar-refractivity contribution in [2.45, 2.75) is 168 Å². The van der Waals surface area contributed by atoms with E-state index in [4.69, 9.17) is 9.11 Å². The molecule has 0 aromatic carbocycles. The van der Waals surface area contributed by atoms with Gasteiger partial charge in [-0.05, 0) is 38.5 Å². The molecule has 12 nitrogen and oxygen atoms in total. The molecule has 0 radical (unpaired) electrons. The molecule has 0 aromatic rings. The van der Waals surface area contributed by atoms with E-state index in [0.717, 1.165) is 38.5 Å². The van der Waals surface area contributed by atoms with E-state index in [1.165, 1.54) is 77.0 Å². The summed E-state index contributed by atoms with van der Waals surface area (Å²) < 4.78 is 70.2. The van der Waals surface area contributed by atoms with Gasteiger partial charge >= 0.3 is 20.8 Å². The molecule has 0 rings (SSSR count).